The Balaban J connectivity index is 2.34. The van der Waals surface area contributed by atoms with E-state index >= 15 is 0 Å². The molecule has 2 aromatic carbocycles. The lowest BCUT2D eigenvalue weighted by Crippen LogP contribution is -1.94. The lowest BCUT2D eigenvalue weighted by Gasteiger charge is -2.06. The Bertz CT molecular complexity index is 586. The Morgan fingerprint density at radius 3 is 2.44 bits per heavy atom. The van der Waals surface area contributed by atoms with E-state index < -0.39 is 16.4 Å². The summed E-state index contributed by atoms with van der Waals surface area (Å²) < 4.78 is 18.2. The molecule has 0 unspecified atom stereocenters. The molecule has 92 valence electrons. The fraction of sp³-hybridized carbons (Fsp3) is 0. The monoisotopic (exact) mass is 267 g/mol. The van der Waals surface area contributed by atoms with Crippen LogP contribution in [0.1, 0.15) is 0 Å². The van der Waals surface area contributed by atoms with Gasteiger partial charge in [0.2, 0.25) is 5.75 Å². The summed E-state index contributed by atoms with van der Waals surface area (Å²) in [6.45, 7) is 0. The first kappa shape index (κ1) is 12.3. The maximum atomic E-state index is 12.9. The molecule has 6 heteroatoms. The lowest BCUT2D eigenvalue weighted by atomic mass is 10.3. The van der Waals surface area contributed by atoms with E-state index in [9.17, 15) is 14.5 Å². The summed E-state index contributed by atoms with van der Waals surface area (Å²) in [5.74, 6) is -0.331. The molecule has 0 N–H and O–H groups in total. The summed E-state index contributed by atoms with van der Waals surface area (Å²) in [4.78, 5) is 10.1. The number of ether oxygens (including phenoxy) is 1. The van der Waals surface area contributed by atoms with Crippen molar-refractivity contribution in [2.24, 2.45) is 0 Å². The summed E-state index contributed by atoms with van der Waals surface area (Å²) in [6.07, 6.45) is 0. The van der Waals surface area contributed by atoms with Crippen molar-refractivity contribution < 1.29 is 14.1 Å². The fourth-order valence-corrected chi connectivity index (χ4v) is 1.48. The summed E-state index contributed by atoms with van der Waals surface area (Å²) in [5, 5.41) is 11.3. The van der Waals surface area contributed by atoms with Crippen molar-refractivity contribution in [1.82, 2.24) is 0 Å². The van der Waals surface area contributed by atoms with Gasteiger partial charge in [0.05, 0.1) is 11.0 Å². The molecule has 0 fully saturated rings. The highest BCUT2D eigenvalue weighted by atomic mass is 35.5. The van der Waals surface area contributed by atoms with Crippen molar-refractivity contribution in [1.29, 1.82) is 0 Å². The lowest BCUT2D eigenvalue weighted by molar-refractivity contribution is -0.385. The quantitative estimate of drug-likeness (QED) is 0.619. The Morgan fingerprint density at radius 1 is 1.17 bits per heavy atom. The molecule has 0 saturated carbocycles. The molecule has 0 atom stereocenters. The Hall–Kier alpha value is -2.14. The minimum Gasteiger partial charge on any atom is -0.450 e. The number of halogens is 2. The van der Waals surface area contributed by atoms with Crippen LogP contribution in [0.3, 0.4) is 0 Å². The van der Waals surface area contributed by atoms with Gasteiger partial charge in [0.15, 0.2) is 0 Å². The van der Waals surface area contributed by atoms with Crippen molar-refractivity contribution in [2.75, 3.05) is 0 Å². The molecule has 0 radical (unpaired) electrons. The Kier molecular flexibility index (Phi) is 3.43. The number of rotatable bonds is 3. The number of benzene rings is 2. The second kappa shape index (κ2) is 5.01. The van der Waals surface area contributed by atoms with Crippen LogP contribution in [0.15, 0.2) is 42.5 Å². The summed E-state index contributed by atoms with van der Waals surface area (Å²) in [7, 11) is 0. The first-order valence-electron chi connectivity index (χ1n) is 4.93. The summed E-state index contributed by atoms with van der Waals surface area (Å²) >= 11 is 5.70. The number of nitro groups is 1. The summed E-state index contributed by atoms with van der Waals surface area (Å²) in [5.41, 5.74) is -0.426. The van der Waals surface area contributed by atoms with Gasteiger partial charge in [-0.15, -0.1) is 0 Å². The zero-order valence-corrected chi connectivity index (χ0v) is 9.73. The normalized spacial score (nSPS) is 10.1. The number of hydrogen-bond donors (Lipinski definition) is 0. The first-order valence-corrected chi connectivity index (χ1v) is 5.31. The molecular weight excluding hydrogens is 261 g/mol. The van der Waals surface area contributed by atoms with Crippen molar-refractivity contribution in [3.8, 4) is 11.5 Å². The SMILES string of the molecule is O=[N+]([O-])c1cc(F)ccc1Oc1ccc(Cl)cc1. The van der Waals surface area contributed by atoms with Crippen LogP contribution in [0.4, 0.5) is 10.1 Å². The van der Waals surface area contributed by atoms with E-state index in [0.29, 0.717) is 10.8 Å². The van der Waals surface area contributed by atoms with Crippen LogP contribution in [0.5, 0.6) is 11.5 Å². The largest absolute Gasteiger partial charge is 0.450 e. The van der Waals surface area contributed by atoms with Gasteiger partial charge in [-0.1, -0.05) is 11.6 Å². The molecule has 0 spiro atoms. The number of hydrogen-bond acceptors (Lipinski definition) is 3. The van der Waals surface area contributed by atoms with Crippen LogP contribution >= 0.6 is 11.6 Å². The van der Waals surface area contributed by atoms with Gasteiger partial charge in [-0.3, -0.25) is 10.1 Å². The van der Waals surface area contributed by atoms with Crippen molar-refractivity contribution in [3.05, 3.63) is 63.4 Å². The van der Waals surface area contributed by atoms with Crippen LogP contribution in [-0.4, -0.2) is 4.92 Å². The molecule has 0 saturated heterocycles. The van der Waals surface area contributed by atoms with Gasteiger partial charge in [-0.2, -0.15) is 0 Å². The van der Waals surface area contributed by atoms with Gasteiger partial charge in [0, 0.05) is 5.02 Å². The van der Waals surface area contributed by atoms with E-state index in [1.54, 1.807) is 24.3 Å². The minimum absolute atomic E-state index is 0.0243. The van der Waals surface area contributed by atoms with Gasteiger partial charge in [0.1, 0.15) is 11.6 Å². The third-order valence-electron chi connectivity index (χ3n) is 2.16. The average Bonchev–Trinajstić information content (AvgIpc) is 2.34. The second-order valence-electron chi connectivity index (χ2n) is 3.43. The molecule has 4 nitrogen and oxygen atoms in total. The third kappa shape index (κ3) is 2.75. The van der Waals surface area contributed by atoms with Gasteiger partial charge in [-0.05, 0) is 36.4 Å². The topological polar surface area (TPSA) is 52.4 Å². The maximum Gasteiger partial charge on any atom is 0.314 e. The van der Waals surface area contributed by atoms with Gasteiger partial charge < -0.3 is 4.74 Å². The smallest absolute Gasteiger partial charge is 0.314 e. The molecule has 2 aromatic rings. The van der Waals surface area contributed by atoms with Crippen LogP contribution in [0.2, 0.25) is 5.02 Å². The van der Waals surface area contributed by atoms with Gasteiger partial charge in [0.25, 0.3) is 0 Å². The van der Waals surface area contributed by atoms with Crippen LogP contribution in [0, 0.1) is 15.9 Å². The summed E-state index contributed by atoms with van der Waals surface area (Å²) in [6, 6.07) is 9.43. The molecule has 0 aliphatic heterocycles. The molecule has 0 aromatic heterocycles. The third-order valence-corrected chi connectivity index (χ3v) is 2.41. The van der Waals surface area contributed by atoms with Crippen molar-refractivity contribution in [3.63, 3.8) is 0 Å². The van der Waals surface area contributed by atoms with Crippen LogP contribution < -0.4 is 4.74 Å². The Labute approximate surface area is 107 Å². The van der Waals surface area contributed by atoms with E-state index in [1.807, 2.05) is 0 Å². The molecule has 0 amide bonds. The van der Waals surface area contributed by atoms with Crippen LogP contribution in [0.25, 0.3) is 0 Å². The molecule has 0 bridgehead atoms. The zero-order chi connectivity index (χ0) is 13.1. The van der Waals surface area contributed by atoms with Gasteiger partial charge in [-0.25, -0.2) is 4.39 Å². The number of nitro benzene ring substituents is 1. The first-order chi connectivity index (χ1) is 8.56. The molecule has 0 heterocycles. The number of nitrogens with zero attached hydrogens (tertiary/aromatic N) is 1. The molecular formula is C12H7ClFNO3. The average molecular weight is 268 g/mol. The standard InChI is InChI=1S/C12H7ClFNO3/c13-8-1-4-10(5-2-8)18-12-6-3-9(14)7-11(12)15(16)17/h1-7H. The molecule has 2 rings (SSSR count). The van der Waals surface area contributed by atoms with Gasteiger partial charge >= 0.3 is 5.69 Å². The van der Waals surface area contributed by atoms with Crippen molar-refractivity contribution >= 4 is 17.3 Å². The molecule has 0 aliphatic rings. The van der Waals surface area contributed by atoms with E-state index in [-0.39, 0.29) is 5.75 Å². The van der Waals surface area contributed by atoms with E-state index in [4.69, 9.17) is 16.3 Å². The highest BCUT2D eigenvalue weighted by molar-refractivity contribution is 6.30. The Morgan fingerprint density at radius 2 is 1.83 bits per heavy atom. The highest BCUT2D eigenvalue weighted by Gasteiger charge is 2.16. The molecule has 0 aliphatic carbocycles. The minimum atomic E-state index is -0.700. The van der Waals surface area contributed by atoms with Crippen LogP contribution in [-0.2, 0) is 0 Å². The van der Waals surface area contributed by atoms with E-state index in [0.717, 1.165) is 12.1 Å². The molecule has 18 heavy (non-hydrogen) atoms. The predicted octanol–water partition coefficient (Wildman–Crippen LogP) is 4.18. The fourth-order valence-electron chi connectivity index (χ4n) is 1.35. The van der Waals surface area contributed by atoms with Crippen molar-refractivity contribution in [2.45, 2.75) is 0 Å². The second-order valence-corrected chi connectivity index (χ2v) is 3.86. The predicted molar refractivity (Wildman–Crippen MR) is 64.6 cm³/mol. The highest BCUT2D eigenvalue weighted by Crippen LogP contribution is 2.32. The maximum absolute atomic E-state index is 12.9. The van der Waals surface area contributed by atoms with E-state index in [2.05, 4.69) is 0 Å². The zero-order valence-electron chi connectivity index (χ0n) is 8.97. The van der Waals surface area contributed by atoms with E-state index in [1.165, 1.54) is 6.07 Å².